The van der Waals surface area contributed by atoms with Crippen LogP contribution in [0.1, 0.15) is 28.8 Å². The number of carbonyl (C=O) groups is 2. The molecule has 7 heteroatoms. The van der Waals surface area contributed by atoms with Crippen LogP contribution in [0.2, 0.25) is 0 Å². The van der Waals surface area contributed by atoms with Gasteiger partial charge in [-0.1, -0.05) is 41.6 Å². The first-order chi connectivity index (χ1) is 16.5. The number of aryl methyl sites for hydroxylation is 1. The SMILES string of the molecule is Cc1ccc(-n2c(SCC(=O)c3ccc(N4CCCC4=O)cc3)nc3ccccc3c2=O)cc1. The molecular formula is C27H23N3O3S. The molecule has 0 saturated carbocycles. The summed E-state index contributed by atoms with van der Waals surface area (Å²) in [6, 6.07) is 22.0. The quantitative estimate of drug-likeness (QED) is 0.231. The topological polar surface area (TPSA) is 72.3 Å². The van der Waals surface area contributed by atoms with E-state index in [1.165, 1.54) is 11.8 Å². The molecule has 0 unspecified atom stereocenters. The number of carbonyl (C=O) groups excluding carboxylic acids is 2. The Labute approximate surface area is 201 Å². The minimum absolute atomic E-state index is 0.0674. The third-order valence-corrected chi connectivity index (χ3v) is 6.88. The Morgan fingerprint density at radius 2 is 1.65 bits per heavy atom. The smallest absolute Gasteiger partial charge is 0.266 e. The van der Waals surface area contributed by atoms with E-state index in [4.69, 9.17) is 4.98 Å². The molecule has 0 spiro atoms. The molecule has 1 fully saturated rings. The van der Waals surface area contributed by atoms with E-state index in [9.17, 15) is 14.4 Å². The summed E-state index contributed by atoms with van der Waals surface area (Å²) in [4.78, 5) is 44.7. The van der Waals surface area contributed by atoms with Gasteiger partial charge in [0.2, 0.25) is 5.91 Å². The highest BCUT2D eigenvalue weighted by Gasteiger charge is 2.22. The number of rotatable bonds is 6. The molecule has 1 aliphatic heterocycles. The highest BCUT2D eigenvalue weighted by atomic mass is 32.2. The third kappa shape index (κ3) is 4.26. The molecule has 6 nitrogen and oxygen atoms in total. The molecule has 34 heavy (non-hydrogen) atoms. The number of benzene rings is 3. The summed E-state index contributed by atoms with van der Waals surface area (Å²) in [5.74, 6) is 0.187. The summed E-state index contributed by atoms with van der Waals surface area (Å²) in [5.41, 5.74) is 3.62. The summed E-state index contributed by atoms with van der Waals surface area (Å²) in [6.45, 7) is 2.70. The largest absolute Gasteiger partial charge is 0.312 e. The number of ketones is 1. The van der Waals surface area contributed by atoms with Crippen molar-refractivity contribution in [1.82, 2.24) is 9.55 Å². The van der Waals surface area contributed by atoms with Gasteiger partial charge in [-0.05, 0) is 61.9 Å². The van der Waals surface area contributed by atoms with Crippen LogP contribution >= 0.6 is 11.8 Å². The number of nitrogens with zero attached hydrogens (tertiary/aromatic N) is 3. The van der Waals surface area contributed by atoms with Gasteiger partial charge in [0, 0.05) is 24.2 Å². The molecule has 0 radical (unpaired) electrons. The van der Waals surface area contributed by atoms with Crippen molar-refractivity contribution in [2.24, 2.45) is 0 Å². The first kappa shape index (κ1) is 22.1. The lowest BCUT2D eigenvalue weighted by Gasteiger charge is -2.16. The van der Waals surface area contributed by atoms with E-state index >= 15 is 0 Å². The average Bonchev–Trinajstić information content (AvgIpc) is 3.29. The number of aromatic nitrogens is 2. The number of anilines is 1. The minimum atomic E-state index is -0.163. The van der Waals surface area contributed by atoms with Gasteiger partial charge in [0.1, 0.15) is 0 Å². The molecule has 0 N–H and O–H groups in total. The second-order valence-electron chi connectivity index (χ2n) is 8.30. The number of fused-ring (bicyclic) bond motifs is 1. The van der Waals surface area contributed by atoms with Gasteiger partial charge in [-0.15, -0.1) is 0 Å². The fraction of sp³-hybridized carbons (Fsp3) is 0.185. The van der Waals surface area contributed by atoms with Crippen molar-refractivity contribution < 1.29 is 9.59 Å². The summed E-state index contributed by atoms with van der Waals surface area (Å²) >= 11 is 1.25. The zero-order chi connectivity index (χ0) is 23.7. The monoisotopic (exact) mass is 469 g/mol. The molecule has 4 aromatic rings. The summed E-state index contributed by atoms with van der Waals surface area (Å²) in [7, 11) is 0. The number of hydrogen-bond donors (Lipinski definition) is 0. The van der Waals surface area contributed by atoms with E-state index in [0.717, 1.165) is 17.7 Å². The van der Waals surface area contributed by atoms with Crippen molar-refractivity contribution in [3.63, 3.8) is 0 Å². The molecule has 1 aliphatic rings. The van der Waals surface area contributed by atoms with Gasteiger partial charge in [-0.2, -0.15) is 0 Å². The second kappa shape index (κ2) is 9.27. The first-order valence-corrected chi connectivity index (χ1v) is 12.1. The van der Waals surface area contributed by atoms with Gasteiger partial charge in [-0.3, -0.25) is 19.0 Å². The highest BCUT2D eigenvalue weighted by Crippen LogP contribution is 2.25. The standard InChI is InChI=1S/C27H23N3O3S/c1-18-8-12-21(13-9-18)30-26(33)22-5-2-3-6-23(22)28-27(30)34-17-24(31)19-10-14-20(15-11-19)29-16-4-7-25(29)32/h2-3,5-6,8-15H,4,7,16-17H2,1H3. The molecule has 0 aliphatic carbocycles. The fourth-order valence-electron chi connectivity index (χ4n) is 4.09. The average molecular weight is 470 g/mol. The van der Waals surface area contributed by atoms with E-state index in [-0.39, 0.29) is 23.0 Å². The van der Waals surface area contributed by atoms with Gasteiger partial charge in [0.15, 0.2) is 10.9 Å². The lowest BCUT2D eigenvalue weighted by molar-refractivity contribution is -0.117. The van der Waals surface area contributed by atoms with E-state index in [2.05, 4.69) is 0 Å². The Kier molecular flexibility index (Phi) is 6.02. The Bertz CT molecular complexity index is 1440. The summed E-state index contributed by atoms with van der Waals surface area (Å²) < 4.78 is 1.57. The van der Waals surface area contributed by atoms with Crippen LogP contribution in [0.25, 0.3) is 16.6 Å². The Morgan fingerprint density at radius 3 is 2.35 bits per heavy atom. The summed E-state index contributed by atoms with van der Waals surface area (Å²) in [6.07, 6.45) is 1.43. The van der Waals surface area contributed by atoms with Crippen LogP contribution in [0, 0.1) is 6.92 Å². The van der Waals surface area contributed by atoms with Crippen molar-refractivity contribution in [3.05, 3.63) is 94.3 Å². The molecule has 1 aromatic heterocycles. The van der Waals surface area contributed by atoms with Crippen molar-refractivity contribution in [2.45, 2.75) is 24.9 Å². The van der Waals surface area contributed by atoms with Crippen LogP contribution in [0.15, 0.2) is 82.7 Å². The van der Waals surface area contributed by atoms with Gasteiger partial charge in [0.05, 0.1) is 22.3 Å². The number of amides is 1. The molecule has 5 rings (SSSR count). The normalized spacial score (nSPS) is 13.6. The third-order valence-electron chi connectivity index (χ3n) is 5.94. The van der Waals surface area contributed by atoms with E-state index < -0.39 is 0 Å². The van der Waals surface area contributed by atoms with Crippen LogP contribution in [0.3, 0.4) is 0 Å². The Balaban J connectivity index is 1.42. The zero-order valence-electron chi connectivity index (χ0n) is 18.7. The fourth-order valence-corrected chi connectivity index (χ4v) is 5.00. The predicted octanol–water partition coefficient (Wildman–Crippen LogP) is 4.80. The van der Waals surface area contributed by atoms with E-state index in [1.807, 2.05) is 55.5 Å². The summed E-state index contributed by atoms with van der Waals surface area (Å²) in [5, 5.41) is 1.01. The molecule has 1 saturated heterocycles. The van der Waals surface area contributed by atoms with Crippen LogP contribution in [-0.2, 0) is 4.79 Å². The number of Topliss-reactive ketones (excluding diaryl/α,β-unsaturated/α-hetero) is 1. The van der Waals surface area contributed by atoms with Crippen LogP contribution in [0.5, 0.6) is 0 Å². The van der Waals surface area contributed by atoms with Gasteiger partial charge in [0.25, 0.3) is 5.56 Å². The minimum Gasteiger partial charge on any atom is -0.312 e. The van der Waals surface area contributed by atoms with Crippen molar-refractivity contribution in [3.8, 4) is 5.69 Å². The molecule has 1 amide bonds. The van der Waals surface area contributed by atoms with E-state index in [0.29, 0.717) is 40.3 Å². The predicted molar refractivity (Wildman–Crippen MR) is 135 cm³/mol. The maximum Gasteiger partial charge on any atom is 0.266 e. The zero-order valence-corrected chi connectivity index (χ0v) is 19.5. The molecule has 3 aromatic carbocycles. The number of para-hydroxylation sites is 1. The van der Waals surface area contributed by atoms with Crippen LogP contribution < -0.4 is 10.5 Å². The number of thioether (sulfide) groups is 1. The van der Waals surface area contributed by atoms with E-state index in [1.54, 1.807) is 33.7 Å². The van der Waals surface area contributed by atoms with Crippen LogP contribution in [-0.4, -0.2) is 33.5 Å². The highest BCUT2D eigenvalue weighted by molar-refractivity contribution is 7.99. The maximum atomic E-state index is 13.3. The van der Waals surface area contributed by atoms with Crippen molar-refractivity contribution in [2.75, 3.05) is 17.2 Å². The van der Waals surface area contributed by atoms with Crippen molar-refractivity contribution >= 4 is 40.0 Å². The van der Waals surface area contributed by atoms with Gasteiger partial charge in [-0.25, -0.2) is 4.98 Å². The lowest BCUT2D eigenvalue weighted by Crippen LogP contribution is -2.23. The molecule has 0 atom stereocenters. The van der Waals surface area contributed by atoms with Gasteiger partial charge < -0.3 is 4.90 Å². The first-order valence-electron chi connectivity index (χ1n) is 11.2. The van der Waals surface area contributed by atoms with Gasteiger partial charge >= 0.3 is 0 Å². The second-order valence-corrected chi connectivity index (χ2v) is 9.24. The maximum absolute atomic E-state index is 13.3. The molecule has 2 heterocycles. The molecule has 170 valence electrons. The Morgan fingerprint density at radius 1 is 0.941 bits per heavy atom. The number of hydrogen-bond acceptors (Lipinski definition) is 5. The van der Waals surface area contributed by atoms with Crippen LogP contribution in [0.4, 0.5) is 5.69 Å². The molecular weight excluding hydrogens is 446 g/mol. The lowest BCUT2D eigenvalue weighted by atomic mass is 10.1. The Hall–Kier alpha value is -3.71. The van der Waals surface area contributed by atoms with Crippen molar-refractivity contribution in [1.29, 1.82) is 0 Å². The molecule has 0 bridgehead atoms.